The van der Waals surface area contributed by atoms with Crippen LogP contribution in [0.5, 0.6) is 5.75 Å². The monoisotopic (exact) mass is 400 g/mol. The van der Waals surface area contributed by atoms with Crippen molar-refractivity contribution >= 4 is 11.7 Å². The SMILES string of the molecule is O=C(Nc1ccc(F)c2c1C[C@H](O)C2)N[C@@H]1CC2(CCC2)Oc2ccc(F)cc21. The zero-order valence-electron chi connectivity index (χ0n) is 15.8. The van der Waals surface area contributed by atoms with E-state index in [0.717, 1.165) is 19.3 Å². The number of ether oxygens (including phenoxy) is 1. The van der Waals surface area contributed by atoms with Crippen molar-refractivity contribution in [1.29, 1.82) is 0 Å². The Morgan fingerprint density at radius 3 is 2.69 bits per heavy atom. The summed E-state index contributed by atoms with van der Waals surface area (Å²) in [6.45, 7) is 0. The number of rotatable bonds is 2. The van der Waals surface area contributed by atoms with E-state index in [-0.39, 0.29) is 29.7 Å². The molecule has 2 aromatic rings. The Bertz CT molecular complexity index is 990. The molecule has 7 heteroatoms. The average Bonchev–Trinajstić information content (AvgIpc) is 3.06. The highest BCUT2D eigenvalue weighted by Gasteiger charge is 2.46. The number of aliphatic hydroxyl groups is 1. The van der Waals surface area contributed by atoms with Gasteiger partial charge in [0.1, 0.15) is 23.0 Å². The van der Waals surface area contributed by atoms with Gasteiger partial charge in [-0.2, -0.15) is 0 Å². The van der Waals surface area contributed by atoms with Crippen molar-refractivity contribution in [3.63, 3.8) is 0 Å². The Kier molecular flexibility index (Phi) is 4.24. The smallest absolute Gasteiger partial charge is 0.319 e. The molecule has 152 valence electrons. The molecule has 1 saturated carbocycles. The molecule has 2 aliphatic carbocycles. The Balaban J connectivity index is 1.38. The topological polar surface area (TPSA) is 70.6 Å². The normalized spacial score (nSPS) is 23.6. The van der Waals surface area contributed by atoms with Gasteiger partial charge in [0, 0.05) is 30.5 Å². The Morgan fingerprint density at radius 1 is 1.14 bits per heavy atom. The summed E-state index contributed by atoms with van der Waals surface area (Å²) >= 11 is 0. The summed E-state index contributed by atoms with van der Waals surface area (Å²) in [6.07, 6.45) is 3.37. The number of fused-ring (bicyclic) bond motifs is 2. The molecule has 2 aromatic carbocycles. The van der Waals surface area contributed by atoms with Crippen LogP contribution < -0.4 is 15.4 Å². The van der Waals surface area contributed by atoms with E-state index in [4.69, 9.17) is 4.74 Å². The Hall–Kier alpha value is -2.67. The van der Waals surface area contributed by atoms with Crippen LogP contribution in [-0.4, -0.2) is 22.8 Å². The molecule has 1 spiro atoms. The molecule has 1 fully saturated rings. The molecule has 0 bridgehead atoms. The van der Waals surface area contributed by atoms with E-state index in [1.807, 2.05) is 0 Å². The Labute approximate surface area is 167 Å². The van der Waals surface area contributed by atoms with Gasteiger partial charge in [0.2, 0.25) is 0 Å². The summed E-state index contributed by atoms with van der Waals surface area (Å²) in [6, 6.07) is 6.36. The number of anilines is 1. The predicted octanol–water partition coefficient (Wildman–Crippen LogP) is 3.99. The number of urea groups is 1. The van der Waals surface area contributed by atoms with Crippen LogP contribution in [0.15, 0.2) is 30.3 Å². The van der Waals surface area contributed by atoms with Crippen LogP contribution in [0.2, 0.25) is 0 Å². The second-order valence-corrected chi connectivity index (χ2v) is 8.29. The van der Waals surface area contributed by atoms with Crippen molar-refractivity contribution in [3.05, 3.63) is 58.7 Å². The minimum Gasteiger partial charge on any atom is -0.487 e. The van der Waals surface area contributed by atoms with Gasteiger partial charge >= 0.3 is 6.03 Å². The summed E-state index contributed by atoms with van der Waals surface area (Å²) in [5, 5.41) is 15.6. The molecule has 0 unspecified atom stereocenters. The first-order chi connectivity index (χ1) is 13.9. The molecule has 0 radical (unpaired) electrons. The second kappa shape index (κ2) is 6.69. The molecule has 0 saturated heterocycles. The first kappa shape index (κ1) is 18.4. The molecular formula is C22H22F2N2O3. The van der Waals surface area contributed by atoms with Gasteiger partial charge in [-0.05, 0) is 60.7 Å². The zero-order chi connectivity index (χ0) is 20.2. The van der Waals surface area contributed by atoms with Gasteiger partial charge in [-0.15, -0.1) is 0 Å². The molecular weight excluding hydrogens is 378 g/mol. The zero-order valence-corrected chi connectivity index (χ0v) is 15.8. The van der Waals surface area contributed by atoms with Crippen LogP contribution in [0.4, 0.5) is 19.3 Å². The van der Waals surface area contributed by atoms with Crippen LogP contribution in [0, 0.1) is 11.6 Å². The summed E-state index contributed by atoms with van der Waals surface area (Å²) in [4.78, 5) is 12.7. The van der Waals surface area contributed by atoms with Crippen molar-refractivity contribution in [2.75, 3.05) is 5.32 Å². The van der Waals surface area contributed by atoms with Crippen LogP contribution >= 0.6 is 0 Å². The maximum Gasteiger partial charge on any atom is 0.319 e. The molecule has 29 heavy (non-hydrogen) atoms. The van der Waals surface area contributed by atoms with Crippen LogP contribution in [0.3, 0.4) is 0 Å². The third-order valence-electron chi connectivity index (χ3n) is 6.32. The maximum atomic E-state index is 14.0. The summed E-state index contributed by atoms with van der Waals surface area (Å²) in [7, 11) is 0. The lowest BCUT2D eigenvalue weighted by atomic mass is 9.73. The van der Waals surface area contributed by atoms with Gasteiger partial charge in [0.05, 0.1) is 12.1 Å². The summed E-state index contributed by atoms with van der Waals surface area (Å²) < 4.78 is 33.9. The van der Waals surface area contributed by atoms with Gasteiger partial charge in [-0.25, -0.2) is 13.6 Å². The van der Waals surface area contributed by atoms with Crippen LogP contribution in [-0.2, 0) is 12.8 Å². The number of aliphatic hydroxyl groups excluding tert-OH is 1. The lowest BCUT2D eigenvalue weighted by molar-refractivity contribution is -0.0355. The number of hydrogen-bond donors (Lipinski definition) is 3. The fourth-order valence-electron chi connectivity index (χ4n) is 4.74. The molecule has 3 N–H and O–H groups in total. The van der Waals surface area contributed by atoms with E-state index in [1.54, 1.807) is 6.07 Å². The minimum atomic E-state index is -0.644. The van der Waals surface area contributed by atoms with Crippen LogP contribution in [0.25, 0.3) is 0 Å². The Morgan fingerprint density at radius 2 is 1.93 bits per heavy atom. The quantitative estimate of drug-likeness (QED) is 0.714. The molecule has 3 aliphatic rings. The van der Waals surface area contributed by atoms with Gasteiger partial charge in [-0.3, -0.25) is 0 Å². The minimum absolute atomic E-state index is 0.243. The molecule has 1 heterocycles. The third-order valence-corrected chi connectivity index (χ3v) is 6.32. The largest absolute Gasteiger partial charge is 0.487 e. The molecule has 2 atom stereocenters. The van der Waals surface area contributed by atoms with E-state index in [2.05, 4.69) is 10.6 Å². The van der Waals surface area contributed by atoms with Crippen molar-refractivity contribution in [2.45, 2.75) is 56.3 Å². The first-order valence-electron chi connectivity index (χ1n) is 9.97. The lowest BCUT2D eigenvalue weighted by Gasteiger charge is -2.48. The number of carbonyl (C=O) groups is 1. The molecule has 5 nitrogen and oxygen atoms in total. The number of carbonyl (C=O) groups excluding carboxylic acids is 1. The van der Waals surface area contributed by atoms with Crippen molar-refractivity contribution in [3.8, 4) is 5.75 Å². The van der Waals surface area contributed by atoms with Gasteiger partial charge in [0.25, 0.3) is 0 Å². The average molecular weight is 400 g/mol. The lowest BCUT2D eigenvalue weighted by Crippen LogP contribution is -2.50. The standard InChI is InChI=1S/C22H22F2N2O3/c23-12-2-5-20-16(8-12)19(11-22(29-20)6-1-7-22)26-21(28)25-18-4-3-17(24)14-9-13(27)10-15(14)18/h2-5,8,13,19,27H,1,6-7,9-11H2,(H2,25,26,28)/t13-,19-/m1/s1. The van der Waals surface area contributed by atoms with Crippen molar-refractivity contribution < 1.29 is 23.4 Å². The molecule has 2 amide bonds. The first-order valence-corrected chi connectivity index (χ1v) is 9.97. The predicted molar refractivity (Wildman–Crippen MR) is 103 cm³/mol. The summed E-state index contributed by atoms with van der Waals surface area (Å²) in [5.41, 5.74) is 1.88. The maximum absolute atomic E-state index is 14.0. The number of nitrogens with one attached hydrogen (secondary N) is 2. The van der Waals surface area contributed by atoms with E-state index in [1.165, 1.54) is 24.3 Å². The van der Waals surface area contributed by atoms with E-state index < -0.39 is 12.1 Å². The van der Waals surface area contributed by atoms with Gasteiger partial charge in [-0.1, -0.05) is 0 Å². The molecule has 5 rings (SSSR count). The van der Waals surface area contributed by atoms with E-state index in [0.29, 0.717) is 41.0 Å². The highest BCUT2D eigenvalue weighted by Crippen LogP contribution is 2.49. The molecule has 0 aromatic heterocycles. The van der Waals surface area contributed by atoms with Crippen LogP contribution in [0.1, 0.15) is 48.4 Å². The van der Waals surface area contributed by atoms with E-state index in [9.17, 15) is 18.7 Å². The highest BCUT2D eigenvalue weighted by molar-refractivity contribution is 5.91. The number of benzene rings is 2. The second-order valence-electron chi connectivity index (χ2n) is 8.29. The fourth-order valence-corrected chi connectivity index (χ4v) is 4.74. The van der Waals surface area contributed by atoms with Crippen molar-refractivity contribution in [1.82, 2.24) is 5.32 Å². The highest BCUT2D eigenvalue weighted by atomic mass is 19.1. The fraction of sp³-hybridized carbons (Fsp3) is 0.409. The number of hydrogen-bond acceptors (Lipinski definition) is 3. The van der Waals surface area contributed by atoms with E-state index >= 15 is 0 Å². The van der Waals surface area contributed by atoms with Gasteiger partial charge < -0.3 is 20.5 Å². The molecule has 1 aliphatic heterocycles. The number of amides is 2. The summed E-state index contributed by atoms with van der Waals surface area (Å²) in [5.74, 6) is -0.147. The third kappa shape index (κ3) is 3.23. The van der Waals surface area contributed by atoms with Gasteiger partial charge in [0.15, 0.2) is 0 Å². The van der Waals surface area contributed by atoms with Crippen molar-refractivity contribution in [2.24, 2.45) is 0 Å². The number of halogens is 2.